The second-order valence-electron chi connectivity index (χ2n) is 7.02. The van der Waals surface area contributed by atoms with Crippen LogP contribution in [0.1, 0.15) is 15.4 Å². The number of methoxy groups -OCH3 is 1. The highest BCUT2D eigenvalue weighted by atomic mass is 32.1. The molecule has 0 aliphatic rings. The molecule has 3 amide bonds. The lowest BCUT2D eigenvalue weighted by Gasteiger charge is -2.09. The Bertz CT molecular complexity index is 1220. The summed E-state index contributed by atoms with van der Waals surface area (Å²) >= 11 is 1.37. The van der Waals surface area contributed by atoms with Crippen LogP contribution in [-0.2, 0) is 6.42 Å². The smallest absolute Gasteiger partial charge is 0.319 e. The normalized spacial score (nSPS) is 10.5. The van der Waals surface area contributed by atoms with Crippen molar-refractivity contribution in [3.8, 4) is 17.2 Å². The number of hydrogen-bond acceptors (Lipinski definition) is 6. The number of ether oxygens (including phenoxy) is 1. The zero-order chi connectivity index (χ0) is 23.0. The summed E-state index contributed by atoms with van der Waals surface area (Å²) in [4.78, 5) is 29.5. The lowest BCUT2D eigenvalue weighted by molar-refractivity contribution is 0.103. The Morgan fingerprint density at radius 3 is 2.55 bits per heavy atom. The van der Waals surface area contributed by atoms with Crippen molar-refractivity contribution in [1.29, 1.82) is 0 Å². The number of hydrogen-bond donors (Lipinski definition) is 3. The van der Waals surface area contributed by atoms with E-state index in [0.29, 0.717) is 35.1 Å². The Labute approximate surface area is 194 Å². The number of aromatic nitrogens is 1. The molecule has 0 aliphatic carbocycles. The van der Waals surface area contributed by atoms with Gasteiger partial charge in [0.2, 0.25) is 5.89 Å². The lowest BCUT2D eigenvalue weighted by Crippen LogP contribution is -2.30. The van der Waals surface area contributed by atoms with Gasteiger partial charge in [0.25, 0.3) is 5.91 Å². The summed E-state index contributed by atoms with van der Waals surface area (Å²) < 4.78 is 10.7. The Morgan fingerprint density at radius 1 is 1.03 bits per heavy atom. The molecular weight excluding hydrogens is 440 g/mol. The molecule has 0 unspecified atom stereocenters. The first-order chi connectivity index (χ1) is 16.1. The van der Waals surface area contributed by atoms with Crippen molar-refractivity contribution in [3.63, 3.8) is 0 Å². The van der Waals surface area contributed by atoms with Gasteiger partial charge in [0.1, 0.15) is 12.0 Å². The number of nitrogens with zero attached hydrogens (tertiary/aromatic N) is 1. The molecule has 33 heavy (non-hydrogen) atoms. The number of anilines is 2. The molecule has 8 nitrogen and oxygen atoms in total. The van der Waals surface area contributed by atoms with Gasteiger partial charge >= 0.3 is 6.03 Å². The molecule has 168 valence electrons. The molecule has 0 radical (unpaired) electrons. The van der Waals surface area contributed by atoms with E-state index < -0.39 is 0 Å². The average molecular weight is 463 g/mol. The first-order valence-corrected chi connectivity index (χ1v) is 11.1. The van der Waals surface area contributed by atoms with Gasteiger partial charge in [-0.1, -0.05) is 12.1 Å². The van der Waals surface area contributed by atoms with Gasteiger partial charge in [-0.15, -0.1) is 11.3 Å². The summed E-state index contributed by atoms with van der Waals surface area (Å²) in [5, 5.41) is 10.2. The summed E-state index contributed by atoms with van der Waals surface area (Å²) in [5.74, 6) is 1.09. The van der Waals surface area contributed by atoms with Gasteiger partial charge in [-0.2, -0.15) is 0 Å². The molecule has 9 heteroatoms. The Morgan fingerprint density at radius 2 is 1.82 bits per heavy atom. The van der Waals surface area contributed by atoms with E-state index in [0.717, 1.165) is 17.0 Å². The summed E-state index contributed by atoms with van der Waals surface area (Å²) in [7, 11) is 1.61. The van der Waals surface area contributed by atoms with Gasteiger partial charge in [0.15, 0.2) is 0 Å². The predicted octanol–water partition coefficient (Wildman–Crippen LogP) is 5.03. The topological polar surface area (TPSA) is 105 Å². The third kappa shape index (κ3) is 5.98. The lowest BCUT2D eigenvalue weighted by atomic mass is 10.2. The van der Waals surface area contributed by atoms with E-state index in [2.05, 4.69) is 20.9 Å². The maximum absolute atomic E-state index is 12.2. The van der Waals surface area contributed by atoms with Crippen LogP contribution in [0.2, 0.25) is 0 Å². The second-order valence-corrected chi connectivity index (χ2v) is 7.96. The molecule has 2 aromatic carbocycles. The van der Waals surface area contributed by atoms with Crippen LogP contribution in [0.4, 0.5) is 16.2 Å². The summed E-state index contributed by atoms with van der Waals surface area (Å²) in [6, 6.07) is 17.6. The van der Waals surface area contributed by atoms with E-state index in [1.165, 1.54) is 11.3 Å². The number of urea groups is 1. The molecule has 4 rings (SSSR count). The standard InChI is InChI=1S/C24H22N4O4S/c1-31-20-9-7-16(8-10-20)23-27-19(15-32-23)11-12-25-24(30)28-18-5-2-4-17(14-18)26-22(29)21-6-3-13-33-21/h2-10,13-15H,11-12H2,1H3,(H,26,29)(H2,25,28,30). The maximum Gasteiger partial charge on any atom is 0.319 e. The van der Waals surface area contributed by atoms with E-state index in [9.17, 15) is 9.59 Å². The molecular formula is C24H22N4O4S. The van der Waals surface area contributed by atoms with E-state index in [-0.39, 0.29) is 11.9 Å². The number of carbonyl (C=O) groups is 2. The number of benzene rings is 2. The molecule has 3 N–H and O–H groups in total. The highest BCUT2D eigenvalue weighted by molar-refractivity contribution is 7.12. The fourth-order valence-electron chi connectivity index (χ4n) is 3.04. The van der Waals surface area contributed by atoms with E-state index in [1.54, 1.807) is 43.7 Å². The molecule has 2 aromatic heterocycles. The Balaban J connectivity index is 1.25. The minimum absolute atomic E-state index is 0.187. The van der Waals surface area contributed by atoms with Crippen molar-refractivity contribution in [2.45, 2.75) is 6.42 Å². The summed E-state index contributed by atoms with van der Waals surface area (Å²) in [5.41, 5.74) is 2.75. The van der Waals surface area contributed by atoms with Crippen LogP contribution >= 0.6 is 11.3 Å². The van der Waals surface area contributed by atoms with Crippen molar-refractivity contribution in [1.82, 2.24) is 10.3 Å². The molecule has 4 aromatic rings. The van der Waals surface area contributed by atoms with Crippen molar-refractivity contribution in [2.24, 2.45) is 0 Å². The number of carbonyl (C=O) groups excluding carboxylic acids is 2. The van der Waals surface area contributed by atoms with Crippen LogP contribution in [0.5, 0.6) is 5.75 Å². The van der Waals surface area contributed by atoms with Crippen LogP contribution < -0.4 is 20.7 Å². The number of nitrogens with one attached hydrogen (secondary N) is 3. The Kier molecular flexibility index (Phi) is 7.01. The van der Waals surface area contributed by atoms with Crippen LogP contribution in [-0.4, -0.2) is 30.6 Å². The molecule has 0 aliphatic heterocycles. The minimum atomic E-state index is -0.351. The highest BCUT2D eigenvalue weighted by Gasteiger charge is 2.10. The van der Waals surface area contributed by atoms with Crippen LogP contribution in [0.3, 0.4) is 0 Å². The van der Waals surface area contributed by atoms with Gasteiger partial charge in [0.05, 0.1) is 17.7 Å². The van der Waals surface area contributed by atoms with Crippen molar-refractivity contribution in [3.05, 3.63) is 82.9 Å². The van der Waals surface area contributed by atoms with E-state index in [1.807, 2.05) is 35.7 Å². The molecule has 0 fully saturated rings. The maximum atomic E-state index is 12.2. The van der Waals surface area contributed by atoms with Gasteiger partial charge in [-0.3, -0.25) is 4.79 Å². The molecule has 0 bridgehead atoms. The third-order valence-electron chi connectivity index (χ3n) is 4.68. The number of thiophene rings is 1. The number of oxazole rings is 1. The van der Waals surface area contributed by atoms with E-state index in [4.69, 9.17) is 9.15 Å². The molecule has 0 saturated carbocycles. The fourth-order valence-corrected chi connectivity index (χ4v) is 3.66. The van der Waals surface area contributed by atoms with Gasteiger partial charge in [-0.25, -0.2) is 9.78 Å². The van der Waals surface area contributed by atoms with Gasteiger partial charge < -0.3 is 25.1 Å². The SMILES string of the molecule is COc1ccc(-c2nc(CCNC(=O)Nc3cccc(NC(=O)c4cccs4)c3)co2)cc1. The predicted molar refractivity (Wildman–Crippen MR) is 128 cm³/mol. The molecule has 0 atom stereocenters. The fraction of sp³-hybridized carbons (Fsp3) is 0.125. The second kappa shape index (κ2) is 10.5. The van der Waals surface area contributed by atoms with Gasteiger partial charge in [-0.05, 0) is 53.9 Å². The quantitative estimate of drug-likeness (QED) is 0.341. The molecule has 0 saturated heterocycles. The zero-order valence-electron chi connectivity index (χ0n) is 17.8. The first kappa shape index (κ1) is 22.1. The monoisotopic (exact) mass is 462 g/mol. The minimum Gasteiger partial charge on any atom is -0.497 e. The molecule has 2 heterocycles. The van der Waals surface area contributed by atoms with Crippen LogP contribution in [0.15, 0.2) is 76.7 Å². The van der Waals surface area contributed by atoms with Crippen molar-refractivity contribution >= 4 is 34.6 Å². The van der Waals surface area contributed by atoms with Crippen LogP contribution in [0.25, 0.3) is 11.5 Å². The number of rotatable bonds is 8. The van der Waals surface area contributed by atoms with E-state index >= 15 is 0 Å². The largest absolute Gasteiger partial charge is 0.497 e. The summed E-state index contributed by atoms with van der Waals surface area (Å²) in [6.45, 7) is 0.384. The number of amides is 3. The first-order valence-electron chi connectivity index (χ1n) is 10.2. The van der Waals surface area contributed by atoms with Crippen molar-refractivity contribution in [2.75, 3.05) is 24.3 Å². The highest BCUT2D eigenvalue weighted by Crippen LogP contribution is 2.22. The molecule has 0 spiro atoms. The van der Waals surface area contributed by atoms with Gasteiger partial charge in [0, 0.05) is 29.9 Å². The van der Waals surface area contributed by atoms with Crippen LogP contribution in [0, 0.1) is 0 Å². The average Bonchev–Trinajstić information content (AvgIpc) is 3.52. The summed E-state index contributed by atoms with van der Waals surface area (Å²) in [6.07, 6.45) is 2.10. The third-order valence-corrected chi connectivity index (χ3v) is 5.55. The van der Waals surface area contributed by atoms with Crippen molar-refractivity contribution < 1.29 is 18.7 Å². The Hall–Kier alpha value is -4.11. The zero-order valence-corrected chi connectivity index (χ0v) is 18.6.